The van der Waals surface area contributed by atoms with Gasteiger partial charge in [-0.3, -0.25) is 14.8 Å². The van der Waals surface area contributed by atoms with Gasteiger partial charge in [0.25, 0.3) is 5.91 Å². The van der Waals surface area contributed by atoms with Crippen LogP contribution in [0, 0.1) is 0 Å². The van der Waals surface area contributed by atoms with Crippen LogP contribution < -0.4 is 5.32 Å². The summed E-state index contributed by atoms with van der Waals surface area (Å²) in [5.41, 5.74) is 0.648. The topological polar surface area (TPSA) is 69.6 Å². The van der Waals surface area contributed by atoms with Gasteiger partial charge in [0, 0.05) is 29.2 Å². The molecular formula is C18H22Cl2N2O3. The zero-order valence-corrected chi connectivity index (χ0v) is 15.4. The number of hydrogen-bond acceptors (Lipinski definition) is 3. The molecule has 0 saturated carbocycles. The molecule has 0 aromatic heterocycles. The number of amides is 2. The molecule has 0 heterocycles. The highest BCUT2D eigenvalue weighted by Crippen LogP contribution is 2.22. The molecule has 0 bridgehead atoms. The lowest BCUT2D eigenvalue weighted by Gasteiger charge is -2.12. The molecule has 1 aromatic carbocycles. The van der Waals surface area contributed by atoms with Gasteiger partial charge in [0.05, 0.1) is 0 Å². The molecule has 1 aromatic rings. The molecule has 5 nitrogen and oxygen atoms in total. The van der Waals surface area contributed by atoms with E-state index in [1.165, 1.54) is 18.2 Å². The smallest absolute Gasteiger partial charge is 0.269 e. The van der Waals surface area contributed by atoms with Gasteiger partial charge in [0.15, 0.2) is 0 Å². The monoisotopic (exact) mass is 384 g/mol. The largest absolute Gasteiger partial charge is 0.353 e. The van der Waals surface area contributed by atoms with E-state index in [1.54, 1.807) is 18.2 Å². The lowest BCUT2D eigenvalue weighted by molar-refractivity contribution is -0.159. The van der Waals surface area contributed by atoms with E-state index in [4.69, 9.17) is 23.2 Å². The molecule has 0 aliphatic heterocycles. The maximum atomic E-state index is 11.8. The van der Waals surface area contributed by atoms with E-state index in [0.29, 0.717) is 33.6 Å². The van der Waals surface area contributed by atoms with E-state index in [2.05, 4.69) is 11.9 Å². The van der Waals surface area contributed by atoms with Gasteiger partial charge >= 0.3 is 0 Å². The SMILES string of the molecule is C=CC(=O)NCCCCCCN(O)C(=O)/C=C/c1ccc(Cl)cc1Cl. The van der Waals surface area contributed by atoms with Crippen LogP contribution in [0.2, 0.25) is 10.0 Å². The van der Waals surface area contributed by atoms with Gasteiger partial charge in [0.2, 0.25) is 5.91 Å². The van der Waals surface area contributed by atoms with E-state index < -0.39 is 5.91 Å². The summed E-state index contributed by atoms with van der Waals surface area (Å²) in [6, 6.07) is 4.95. The minimum atomic E-state index is -0.510. The van der Waals surface area contributed by atoms with Crippen LogP contribution in [0.1, 0.15) is 31.2 Å². The predicted octanol–water partition coefficient (Wildman–Crippen LogP) is 4.09. The summed E-state index contributed by atoms with van der Waals surface area (Å²) < 4.78 is 0. The number of halogens is 2. The molecule has 0 spiro atoms. The van der Waals surface area contributed by atoms with Crippen molar-refractivity contribution >= 4 is 41.1 Å². The number of carbonyl (C=O) groups excluding carboxylic acids is 2. The summed E-state index contributed by atoms with van der Waals surface area (Å²) in [5.74, 6) is -0.691. The average molecular weight is 385 g/mol. The quantitative estimate of drug-likeness (QED) is 0.276. The maximum Gasteiger partial charge on any atom is 0.269 e. The number of nitrogens with one attached hydrogen (secondary N) is 1. The number of carbonyl (C=O) groups is 2. The Balaban J connectivity index is 2.24. The van der Waals surface area contributed by atoms with Gasteiger partial charge in [-0.25, -0.2) is 5.06 Å². The van der Waals surface area contributed by atoms with Crippen molar-refractivity contribution in [2.24, 2.45) is 0 Å². The molecule has 0 aliphatic carbocycles. The van der Waals surface area contributed by atoms with Gasteiger partial charge in [0.1, 0.15) is 0 Å². The maximum absolute atomic E-state index is 11.8. The fraction of sp³-hybridized carbons (Fsp3) is 0.333. The Hall–Kier alpha value is -1.82. The van der Waals surface area contributed by atoms with E-state index >= 15 is 0 Å². The summed E-state index contributed by atoms with van der Waals surface area (Å²) in [5, 5.41) is 14.0. The Morgan fingerprint density at radius 1 is 1.20 bits per heavy atom. The second-order valence-electron chi connectivity index (χ2n) is 5.37. The van der Waals surface area contributed by atoms with Crippen LogP contribution >= 0.6 is 23.2 Å². The van der Waals surface area contributed by atoms with Crippen molar-refractivity contribution in [2.45, 2.75) is 25.7 Å². The second-order valence-corrected chi connectivity index (χ2v) is 6.21. The third-order valence-corrected chi connectivity index (χ3v) is 3.97. The number of benzene rings is 1. The van der Waals surface area contributed by atoms with Crippen molar-refractivity contribution < 1.29 is 14.8 Å². The first-order valence-electron chi connectivity index (χ1n) is 7.98. The Labute approximate surface area is 157 Å². The zero-order chi connectivity index (χ0) is 18.7. The molecule has 0 atom stereocenters. The van der Waals surface area contributed by atoms with Crippen LogP contribution in [0.25, 0.3) is 6.08 Å². The molecule has 1 rings (SSSR count). The Morgan fingerprint density at radius 3 is 2.60 bits per heavy atom. The Kier molecular flexibility index (Phi) is 9.92. The summed E-state index contributed by atoms with van der Waals surface area (Å²) in [6.07, 6.45) is 7.30. The number of rotatable bonds is 10. The molecule has 2 amide bonds. The van der Waals surface area contributed by atoms with Crippen LogP contribution in [-0.2, 0) is 9.59 Å². The van der Waals surface area contributed by atoms with Crippen molar-refractivity contribution in [3.63, 3.8) is 0 Å². The lowest BCUT2D eigenvalue weighted by Crippen LogP contribution is -2.26. The molecule has 0 aliphatic rings. The number of hydroxylamine groups is 2. The second kappa shape index (κ2) is 11.7. The zero-order valence-electron chi connectivity index (χ0n) is 13.9. The van der Waals surface area contributed by atoms with E-state index in [9.17, 15) is 14.8 Å². The highest BCUT2D eigenvalue weighted by Gasteiger charge is 2.07. The number of nitrogens with zero attached hydrogens (tertiary/aromatic N) is 1. The van der Waals surface area contributed by atoms with Crippen molar-refractivity contribution in [1.29, 1.82) is 0 Å². The minimum Gasteiger partial charge on any atom is -0.353 e. The molecule has 0 unspecified atom stereocenters. The highest BCUT2D eigenvalue weighted by molar-refractivity contribution is 6.35. The molecule has 7 heteroatoms. The third-order valence-electron chi connectivity index (χ3n) is 3.40. The van der Waals surface area contributed by atoms with Gasteiger partial charge < -0.3 is 5.32 Å². The lowest BCUT2D eigenvalue weighted by atomic mass is 10.2. The first-order chi connectivity index (χ1) is 11.9. The first-order valence-corrected chi connectivity index (χ1v) is 8.73. The van der Waals surface area contributed by atoms with Crippen LogP contribution in [-0.4, -0.2) is 35.2 Å². The molecule has 0 saturated heterocycles. The summed E-state index contributed by atoms with van der Waals surface area (Å²) in [6.45, 7) is 4.21. The number of hydrogen-bond donors (Lipinski definition) is 2. The van der Waals surface area contributed by atoms with Gasteiger partial charge in [-0.15, -0.1) is 0 Å². The molecule has 2 N–H and O–H groups in total. The van der Waals surface area contributed by atoms with Crippen LogP contribution in [0.5, 0.6) is 0 Å². The normalized spacial score (nSPS) is 10.7. The van der Waals surface area contributed by atoms with Crippen molar-refractivity contribution in [2.75, 3.05) is 13.1 Å². The van der Waals surface area contributed by atoms with Crippen molar-refractivity contribution in [3.8, 4) is 0 Å². The van der Waals surface area contributed by atoms with Gasteiger partial charge in [-0.1, -0.05) is 48.7 Å². The summed E-state index contributed by atoms with van der Waals surface area (Å²) in [7, 11) is 0. The predicted molar refractivity (Wildman–Crippen MR) is 101 cm³/mol. The van der Waals surface area contributed by atoms with E-state index in [1.807, 2.05) is 0 Å². The summed E-state index contributed by atoms with van der Waals surface area (Å²) >= 11 is 11.8. The fourth-order valence-electron chi connectivity index (χ4n) is 2.02. The standard InChI is InChI=1S/C18H22Cl2N2O3/c1-2-17(23)21-11-5-3-4-6-12-22(25)18(24)10-8-14-7-9-15(19)13-16(14)20/h2,7-10,13,25H,1,3-6,11-12H2,(H,21,23)/b10-8+. The minimum absolute atomic E-state index is 0.181. The van der Waals surface area contributed by atoms with Crippen LogP contribution in [0.3, 0.4) is 0 Å². The highest BCUT2D eigenvalue weighted by atomic mass is 35.5. The summed E-state index contributed by atoms with van der Waals surface area (Å²) in [4.78, 5) is 22.8. The molecule has 0 radical (unpaired) electrons. The molecule has 136 valence electrons. The number of unbranched alkanes of at least 4 members (excludes halogenated alkanes) is 3. The van der Waals surface area contributed by atoms with E-state index in [0.717, 1.165) is 19.3 Å². The van der Waals surface area contributed by atoms with E-state index in [-0.39, 0.29) is 12.5 Å². The first kappa shape index (κ1) is 21.2. The molecule has 0 fully saturated rings. The van der Waals surface area contributed by atoms with Gasteiger partial charge in [-0.2, -0.15) is 0 Å². The van der Waals surface area contributed by atoms with Crippen LogP contribution in [0.15, 0.2) is 36.9 Å². The third kappa shape index (κ3) is 8.72. The molecular weight excluding hydrogens is 363 g/mol. The fourth-order valence-corrected chi connectivity index (χ4v) is 2.49. The Morgan fingerprint density at radius 2 is 1.92 bits per heavy atom. The van der Waals surface area contributed by atoms with Crippen molar-refractivity contribution in [3.05, 3.63) is 52.5 Å². The van der Waals surface area contributed by atoms with Crippen molar-refractivity contribution in [1.82, 2.24) is 10.4 Å². The molecule has 25 heavy (non-hydrogen) atoms. The van der Waals surface area contributed by atoms with Gasteiger partial charge in [-0.05, 0) is 42.7 Å². The average Bonchev–Trinajstić information content (AvgIpc) is 2.59. The van der Waals surface area contributed by atoms with Crippen LogP contribution in [0.4, 0.5) is 0 Å². The Bertz CT molecular complexity index is 633.